The van der Waals surface area contributed by atoms with Crippen molar-refractivity contribution in [1.29, 1.82) is 0 Å². The zero-order chi connectivity index (χ0) is 10.9. The normalized spacial score (nSPS) is 11.4. The van der Waals surface area contributed by atoms with Crippen LogP contribution >= 0.6 is 23.2 Å². The van der Waals surface area contributed by atoms with Gasteiger partial charge in [0.15, 0.2) is 0 Å². The van der Waals surface area contributed by atoms with Crippen LogP contribution in [0.25, 0.3) is 0 Å². The summed E-state index contributed by atoms with van der Waals surface area (Å²) in [6.45, 7) is 0. The van der Waals surface area contributed by atoms with Crippen LogP contribution in [0.15, 0.2) is 17.0 Å². The van der Waals surface area contributed by atoms with E-state index in [1.54, 1.807) is 0 Å². The van der Waals surface area contributed by atoms with E-state index in [2.05, 4.69) is 0 Å². The Kier molecular flexibility index (Phi) is 3.26. The Morgan fingerprint density at radius 2 is 1.71 bits per heavy atom. The number of hydrogen-bond donors (Lipinski definition) is 1. The molecule has 0 aromatic heterocycles. The SMILES string of the molecule is COc1cc(Cl)c(S(=O)(=O)O)c(Cl)c1. The molecule has 78 valence electrons. The molecule has 0 bridgehead atoms. The third-order valence-corrected chi connectivity index (χ3v) is 3.24. The third-order valence-electron chi connectivity index (χ3n) is 1.47. The van der Waals surface area contributed by atoms with Gasteiger partial charge in [-0.2, -0.15) is 8.42 Å². The van der Waals surface area contributed by atoms with Gasteiger partial charge in [0, 0.05) is 12.1 Å². The summed E-state index contributed by atoms with van der Waals surface area (Å²) < 4.78 is 35.2. The molecule has 0 saturated carbocycles. The highest BCUT2D eigenvalue weighted by molar-refractivity contribution is 7.86. The number of hydrogen-bond acceptors (Lipinski definition) is 3. The summed E-state index contributed by atoms with van der Waals surface area (Å²) in [6.07, 6.45) is 0. The predicted octanol–water partition coefficient (Wildman–Crippen LogP) is 2.25. The van der Waals surface area contributed by atoms with E-state index in [1.165, 1.54) is 19.2 Å². The molecular formula is C7H6Cl2O4S. The van der Waals surface area contributed by atoms with E-state index in [4.69, 9.17) is 32.5 Å². The Morgan fingerprint density at radius 3 is 2.00 bits per heavy atom. The largest absolute Gasteiger partial charge is 0.497 e. The van der Waals surface area contributed by atoms with Crippen LogP contribution in [0.3, 0.4) is 0 Å². The van der Waals surface area contributed by atoms with Crippen molar-refractivity contribution < 1.29 is 17.7 Å². The van der Waals surface area contributed by atoms with Gasteiger partial charge in [0.05, 0.1) is 17.2 Å². The maximum absolute atomic E-state index is 10.8. The number of rotatable bonds is 2. The lowest BCUT2D eigenvalue weighted by Crippen LogP contribution is -2.00. The minimum absolute atomic E-state index is 0.183. The first kappa shape index (κ1) is 11.6. The first-order valence-corrected chi connectivity index (χ1v) is 5.56. The lowest BCUT2D eigenvalue weighted by atomic mass is 10.3. The second kappa shape index (κ2) is 3.94. The molecule has 0 saturated heterocycles. The summed E-state index contributed by atoms with van der Waals surface area (Å²) in [7, 11) is -3.02. The Hall–Kier alpha value is -0.490. The molecular weight excluding hydrogens is 251 g/mol. The predicted molar refractivity (Wildman–Crippen MR) is 52.8 cm³/mol. The Bertz CT molecular complexity index is 432. The topological polar surface area (TPSA) is 63.6 Å². The van der Waals surface area contributed by atoms with Crippen molar-refractivity contribution >= 4 is 33.3 Å². The van der Waals surface area contributed by atoms with Gasteiger partial charge in [-0.15, -0.1) is 0 Å². The second-order valence-electron chi connectivity index (χ2n) is 2.40. The molecule has 0 spiro atoms. The van der Waals surface area contributed by atoms with E-state index in [0.29, 0.717) is 5.75 Å². The molecule has 4 nitrogen and oxygen atoms in total. The van der Waals surface area contributed by atoms with E-state index in [0.717, 1.165) is 0 Å². The number of halogens is 2. The van der Waals surface area contributed by atoms with Crippen LogP contribution in [-0.2, 0) is 10.1 Å². The molecule has 0 aliphatic heterocycles. The third kappa shape index (κ3) is 2.30. The second-order valence-corrected chi connectivity index (χ2v) is 4.57. The summed E-state index contributed by atoms with van der Waals surface area (Å²) in [5, 5.41) is -0.367. The Labute approximate surface area is 91.1 Å². The van der Waals surface area contributed by atoms with Crippen molar-refractivity contribution in [3.63, 3.8) is 0 Å². The molecule has 1 N–H and O–H groups in total. The monoisotopic (exact) mass is 256 g/mol. The standard InChI is InChI=1S/C7H6Cl2O4S/c1-13-4-2-5(8)7(6(9)3-4)14(10,11)12/h2-3H,1H3,(H,10,11,12). The van der Waals surface area contributed by atoms with Crippen LogP contribution in [0.1, 0.15) is 0 Å². The van der Waals surface area contributed by atoms with Crippen LogP contribution in [0.2, 0.25) is 10.0 Å². The molecule has 0 amide bonds. The smallest absolute Gasteiger partial charge is 0.297 e. The molecule has 1 aromatic rings. The van der Waals surface area contributed by atoms with E-state index in [-0.39, 0.29) is 10.0 Å². The highest BCUT2D eigenvalue weighted by Gasteiger charge is 2.20. The average Bonchev–Trinajstić information content (AvgIpc) is 1.99. The van der Waals surface area contributed by atoms with E-state index >= 15 is 0 Å². The summed E-state index contributed by atoms with van der Waals surface area (Å²) >= 11 is 11.2. The van der Waals surface area contributed by atoms with Gasteiger partial charge in [0.2, 0.25) is 0 Å². The quantitative estimate of drug-likeness (QED) is 0.825. The fourth-order valence-electron chi connectivity index (χ4n) is 0.901. The summed E-state index contributed by atoms with van der Waals surface area (Å²) in [5.74, 6) is 0.312. The highest BCUT2D eigenvalue weighted by atomic mass is 35.5. The fourth-order valence-corrected chi connectivity index (χ4v) is 2.56. The molecule has 7 heteroatoms. The molecule has 0 radical (unpaired) electrons. The van der Waals surface area contributed by atoms with Gasteiger partial charge in [0.25, 0.3) is 10.1 Å². The maximum atomic E-state index is 10.8. The van der Waals surface area contributed by atoms with E-state index in [9.17, 15) is 8.42 Å². The first-order valence-electron chi connectivity index (χ1n) is 3.37. The van der Waals surface area contributed by atoms with Crippen LogP contribution < -0.4 is 4.74 Å². The minimum Gasteiger partial charge on any atom is -0.497 e. The van der Waals surface area contributed by atoms with Gasteiger partial charge >= 0.3 is 0 Å². The van der Waals surface area contributed by atoms with Crippen LogP contribution in [0, 0.1) is 0 Å². The number of methoxy groups -OCH3 is 1. The summed E-state index contributed by atoms with van der Waals surface area (Å²) in [4.78, 5) is -0.512. The average molecular weight is 257 g/mol. The van der Waals surface area contributed by atoms with E-state index < -0.39 is 15.0 Å². The van der Waals surface area contributed by atoms with Crippen molar-refractivity contribution in [1.82, 2.24) is 0 Å². The van der Waals surface area contributed by atoms with Gasteiger partial charge < -0.3 is 4.74 Å². The maximum Gasteiger partial charge on any atom is 0.297 e. The fraction of sp³-hybridized carbons (Fsp3) is 0.143. The van der Waals surface area contributed by atoms with Gasteiger partial charge in [-0.25, -0.2) is 0 Å². The lowest BCUT2D eigenvalue weighted by molar-refractivity contribution is 0.414. The molecule has 0 aliphatic carbocycles. The Balaban J connectivity index is 3.48. The molecule has 0 atom stereocenters. The molecule has 0 unspecified atom stereocenters. The van der Waals surface area contributed by atoms with Crippen molar-refractivity contribution in [2.45, 2.75) is 4.90 Å². The zero-order valence-electron chi connectivity index (χ0n) is 6.99. The summed E-state index contributed by atoms with van der Waals surface area (Å²) in [6, 6.07) is 2.49. The van der Waals surface area contributed by atoms with Gasteiger partial charge in [0.1, 0.15) is 10.6 Å². The van der Waals surface area contributed by atoms with E-state index in [1.807, 2.05) is 0 Å². The van der Waals surface area contributed by atoms with Crippen molar-refractivity contribution in [3.8, 4) is 5.75 Å². The van der Waals surface area contributed by atoms with Crippen molar-refractivity contribution in [2.24, 2.45) is 0 Å². The molecule has 0 fully saturated rings. The van der Waals surface area contributed by atoms with Crippen LogP contribution in [0.5, 0.6) is 5.75 Å². The first-order chi connectivity index (χ1) is 6.36. The molecule has 0 heterocycles. The van der Waals surface area contributed by atoms with Crippen molar-refractivity contribution in [3.05, 3.63) is 22.2 Å². The highest BCUT2D eigenvalue weighted by Crippen LogP contribution is 2.33. The number of benzene rings is 1. The minimum atomic E-state index is -4.41. The van der Waals surface area contributed by atoms with Gasteiger partial charge in [-0.1, -0.05) is 23.2 Å². The van der Waals surface area contributed by atoms with Gasteiger partial charge in [-0.3, -0.25) is 4.55 Å². The zero-order valence-corrected chi connectivity index (χ0v) is 9.32. The van der Waals surface area contributed by atoms with Crippen LogP contribution in [-0.4, -0.2) is 20.1 Å². The number of ether oxygens (including phenoxy) is 1. The van der Waals surface area contributed by atoms with Crippen molar-refractivity contribution in [2.75, 3.05) is 7.11 Å². The molecule has 14 heavy (non-hydrogen) atoms. The summed E-state index contributed by atoms with van der Waals surface area (Å²) in [5.41, 5.74) is 0. The van der Waals surface area contributed by atoms with Gasteiger partial charge in [-0.05, 0) is 0 Å². The lowest BCUT2D eigenvalue weighted by Gasteiger charge is -2.06. The van der Waals surface area contributed by atoms with Crippen LogP contribution in [0.4, 0.5) is 0 Å². The molecule has 0 aliphatic rings. The molecule has 1 aromatic carbocycles. The molecule has 1 rings (SSSR count). The Morgan fingerprint density at radius 1 is 1.29 bits per heavy atom.